The standard InChI is InChI=1S/C12H15F3N2O4/c1-8-9(3-4-21-8)5-16(2)11(20)17(6-10(18)19)7-12(13,14)15/h3-4H,5-7H2,1-2H3,(H,18,19). The zero-order valence-electron chi connectivity index (χ0n) is 11.5. The first kappa shape index (κ1) is 16.9. The van der Waals surface area contributed by atoms with Gasteiger partial charge in [-0.1, -0.05) is 0 Å². The van der Waals surface area contributed by atoms with Crippen molar-refractivity contribution in [3.8, 4) is 0 Å². The molecule has 0 atom stereocenters. The number of carbonyl (C=O) groups excluding carboxylic acids is 1. The van der Waals surface area contributed by atoms with Crippen molar-refractivity contribution in [3.05, 3.63) is 23.7 Å². The number of aliphatic carboxylic acids is 1. The van der Waals surface area contributed by atoms with Crippen LogP contribution in [0.4, 0.5) is 18.0 Å². The minimum Gasteiger partial charge on any atom is -0.480 e. The number of carboxylic acid groups (broad SMARTS) is 1. The predicted molar refractivity (Wildman–Crippen MR) is 65.6 cm³/mol. The Morgan fingerprint density at radius 2 is 2.00 bits per heavy atom. The molecule has 0 radical (unpaired) electrons. The highest BCUT2D eigenvalue weighted by Crippen LogP contribution is 2.18. The number of nitrogens with zero attached hydrogens (tertiary/aromatic N) is 2. The largest absolute Gasteiger partial charge is 0.480 e. The molecule has 0 aromatic carbocycles. The van der Waals surface area contributed by atoms with Gasteiger partial charge in [0.1, 0.15) is 18.8 Å². The maximum Gasteiger partial charge on any atom is 0.406 e. The lowest BCUT2D eigenvalue weighted by atomic mass is 10.2. The predicted octanol–water partition coefficient (Wildman–Crippen LogP) is 2.09. The molecule has 9 heteroatoms. The first-order valence-electron chi connectivity index (χ1n) is 5.91. The Hall–Kier alpha value is -2.19. The van der Waals surface area contributed by atoms with Gasteiger partial charge >= 0.3 is 18.2 Å². The maximum absolute atomic E-state index is 12.4. The SMILES string of the molecule is Cc1occc1CN(C)C(=O)N(CC(=O)O)CC(F)(F)F. The van der Waals surface area contributed by atoms with E-state index in [4.69, 9.17) is 9.52 Å². The van der Waals surface area contributed by atoms with Gasteiger partial charge in [-0.05, 0) is 13.0 Å². The van der Waals surface area contributed by atoms with Gasteiger partial charge in [0.05, 0.1) is 12.8 Å². The Kier molecular flexibility index (Phi) is 5.23. The van der Waals surface area contributed by atoms with Gasteiger partial charge in [0.25, 0.3) is 0 Å². The van der Waals surface area contributed by atoms with Gasteiger partial charge in [-0.25, -0.2) is 4.79 Å². The van der Waals surface area contributed by atoms with Gasteiger partial charge in [0, 0.05) is 12.6 Å². The summed E-state index contributed by atoms with van der Waals surface area (Å²) in [5.74, 6) is -0.976. The zero-order chi connectivity index (χ0) is 16.2. The fraction of sp³-hybridized carbons (Fsp3) is 0.500. The van der Waals surface area contributed by atoms with Gasteiger partial charge in [-0.3, -0.25) is 4.79 Å². The highest BCUT2D eigenvalue weighted by Gasteiger charge is 2.35. The molecule has 0 spiro atoms. The van der Waals surface area contributed by atoms with Crippen molar-refractivity contribution in [1.29, 1.82) is 0 Å². The number of amides is 2. The molecular formula is C12H15F3N2O4. The molecule has 0 saturated carbocycles. The second kappa shape index (κ2) is 6.51. The van der Waals surface area contributed by atoms with E-state index in [0.717, 1.165) is 4.90 Å². The average molecular weight is 308 g/mol. The summed E-state index contributed by atoms with van der Waals surface area (Å²) in [5, 5.41) is 8.62. The lowest BCUT2D eigenvalue weighted by molar-refractivity contribution is -0.149. The number of carboxylic acids is 1. The molecule has 118 valence electrons. The van der Waals surface area contributed by atoms with E-state index >= 15 is 0 Å². The molecule has 1 heterocycles. The van der Waals surface area contributed by atoms with Crippen LogP contribution >= 0.6 is 0 Å². The molecule has 0 aliphatic rings. The summed E-state index contributed by atoms with van der Waals surface area (Å²) in [7, 11) is 1.29. The van der Waals surface area contributed by atoms with E-state index < -0.39 is 31.3 Å². The maximum atomic E-state index is 12.4. The van der Waals surface area contributed by atoms with Crippen molar-refractivity contribution in [2.24, 2.45) is 0 Å². The van der Waals surface area contributed by atoms with Crippen LogP contribution in [0.25, 0.3) is 0 Å². The van der Waals surface area contributed by atoms with Crippen molar-refractivity contribution in [2.75, 3.05) is 20.1 Å². The molecule has 0 saturated heterocycles. The Morgan fingerprint density at radius 1 is 1.38 bits per heavy atom. The number of aryl methyl sites for hydroxylation is 1. The number of carbonyl (C=O) groups is 2. The third-order valence-corrected chi connectivity index (χ3v) is 2.67. The lowest BCUT2D eigenvalue weighted by Gasteiger charge is -2.27. The summed E-state index contributed by atoms with van der Waals surface area (Å²) in [6.45, 7) is -0.965. The van der Waals surface area contributed by atoms with E-state index in [-0.39, 0.29) is 11.4 Å². The van der Waals surface area contributed by atoms with Gasteiger partial charge < -0.3 is 19.3 Å². The summed E-state index contributed by atoms with van der Waals surface area (Å²) in [4.78, 5) is 23.8. The minimum absolute atomic E-state index is 0.0230. The summed E-state index contributed by atoms with van der Waals surface area (Å²) in [5.41, 5.74) is 0.633. The first-order chi connectivity index (χ1) is 9.60. The van der Waals surface area contributed by atoms with E-state index in [2.05, 4.69) is 0 Å². The van der Waals surface area contributed by atoms with Crippen molar-refractivity contribution < 1.29 is 32.3 Å². The van der Waals surface area contributed by atoms with Crippen LogP contribution in [0.2, 0.25) is 0 Å². The second-order valence-corrected chi connectivity index (χ2v) is 4.51. The van der Waals surface area contributed by atoms with Crippen LogP contribution in [0.15, 0.2) is 16.7 Å². The number of hydrogen-bond donors (Lipinski definition) is 1. The fourth-order valence-electron chi connectivity index (χ4n) is 1.71. The van der Waals surface area contributed by atoms with E-state index in [0.29, 0.717) is 11.3 Å². The number of halogens is 3. The molecule has 0 aliphatic carbocycles. The van der Waals surface area contributed by atoms with E-state index in [1.807, 2.05) is 0 Å². The van der Waals surface area contributed by atoms with Crippen LogP contribution in [-0.4, -0.2) is 53.2 Å². The van der Waals surface area contributed by atoms with Gasteiger partial charge in [0.2, 0.25) is 0 Å². The molecule has 1 N–H and O–H groups in total. The highest BCUT2D eigenvalue weighted by molar-refractivity contribution is 5.80. The van der Waals surface area contributed by atoms with Crippen molar-refractivity contribution in [3.63, 3.8) is 0 Å². The summed E-state index contributed by atoms with van der Waals surface area (Å²) in [6, 6.07) is 0.569. The van der Waals surface area contributed by atoms with E-state index in [1.54, 1.807) is 13.0 Å². The first-order valence-corrected chi connectivity index (χ1v) is 5.91. The molecule has 21 heavy (non-hydrogen) atoms. The quantitative estimate of drug-likeness (QED) is 0.904. The molecule has 1 aromatic heterocycles. The smallest absolute Gasteiger partial charge is 0.406 e. The van der Waals surface area contributed by atoms with Crippen LogP contribution < -0.4 is 0 Å². The van der Waals surface area contributed by atoms with Crippen molar-refractivity contribution >= 4 is 12.0 Å². The minimum atomic E-state index is -4.67. The molecule has 6 nitrogen and oxygen atoms in total. The lowest BCUT2D eigenvalue weighted by Crippen LogP contribution is -2.47. The number of rotatable bonds is 5. The third kappa shape index (κ3) is 5.36. The molecule has 0 fully saturated rings. The van der Waals surface area contributed by atoms with Crippen LogP contribution in [0, 0.1) is 6.92 Å². The molecule has 1 aromatic rings. The van der Waals surface area contributed by atoms with Crippen molar-refractivity contribution in [2.45, 2.75) is 19.6 Å². The fourth-order valence-corrected chi connectivity index (χ4v) is 1.71. The molecule has 2 amide bonds. The molecular weight excluding hydrogens is 293 g/mol. The monoisotopic (exact) mass is 308 g/mol. The molecule has 0 aliphatic heterocycles. The second-order valence-electron chi connectivity index (χ2n) is 4.51. The van der Waals surface area contributed by atoms with Crippen LogP contribution in [0.5, 0.6) is 0 Å². The Balaban J connectivity index is 2.78. The molecule has 0 unspecified atom stereocenters. The molecule has 1 rings (SSSR count). The molecule has 0 bridgehead atoms. The van der Waals surface area contributed by atoms with Gasteiger partial charge in [-0.2, -0.15) is 13.2 Å². The van der Waals surface area contributed by atoms with Crippen LogP contribution in [0.3, 0.4) is 0 Å². The average Bonchev–Trinajstić information content (AvgIpc) is 2.70. The zero-order valence-corrected chi connectivity index (χ0v) is 11.5. The summed E-state index contributed by atoms with van der Waals surface area (Å²) < 4.78 is 42.2. The van der Waals surface area contributed by atoms with Crippen LogP contribution in [0.1, 0.15) is 11.3 Å². The summed E-state index contributed by atoms with van der Waals surface area (Å²) >= 11 is 0. The highest BCUT2D eigenvalue weighted by atomic mass is 19.4. The van der Waals surface area contributed by atoms with Gasteiger partial charge in [0.15, 0.2) is 0 Å². The Morgan fingerprint density at radius 3 is 2.43 bits per heavy atom. The van der Waals surface area contributed by atoms with Gasteiger partial charge in [-0.15, -0.1) is 0 Å². The number of hydrogen-bond acceptors (Lipinski definition) is 3. The van der Waals surface area contributed by atoms with Crippen molar-refractivity contribution in [1.82, 2.24) is 9.80 Å². The van der Waals surface area contributed by atoms with Crippen LogP contribution in [-0.2, 0) is 11.3 Å². The number of urea groups is 1. The Bertz CT molecular complexity index is 513. The summed E-state index contributed by atoms with van der Waals surface area (Å²) in [6.07, 6.45) is -3.27. The normalized spacial score (nSPS) is 11.3. The van der Waals surface area contributed by atoms with E-state index in [1.165, 1.54) is 13.3 Å². The van der Waals surface area contributed by atoms with E-state index in [9.17, 15) is 22.8 Å². The topological polar surface area (TPSA) is 74.0 Å². The number of furan rings is 1. The Labute approximate surface area is 118 Å². The third-order valence-electron chi connectivity index (χ3n) is 2.67. The number of alkyl halides is 3.